The van der Waals surface area contributed by atoms with E-state index in [1.54, 1.807) is 133 Å². The van der Waals surface area contributed by atoms with Gasteiger partial charge in [-0.25, -0.2) is 9.59 Å². The number of aromatic nitrogens is 6. The molecule has 0 aliphatic rings. The van der Waals surface area contributed by atoms with Gasteiger partial charge in [0, 0.05) is 79.5 Å². The number of nitrogens with one attached hydrogen (secondary N) is 4. The van der Waals surface area contributed by atoms with Crippen LogP contribution in [0.1, 0.15) is 62.9 Å². The Hall–Kier alpha value is -7.54. The molecule has 6 heterocycles. The average molecular weight is 771 g/mol. The zero-order valence-corrected chi connectivity index (χ0v) is 31.6. The van der Waals surface area contributed by atoms with Crippen molar-refractivity contribution < 1.29 is 44.1 Å². The van der Waals surface area contributed by atoms with Crippen molar-refractivity contribution in [2.75, 3.05) is 28.4 Å². The molecule has 0 atom stereocenters. The smallest absolute Gasteiger partial charge is 0.354 e. The number of hydrogen-bond donors (Lipinski definition) is 5. The first kappa shape index (κ1) is 41.2. The Bertz CT molecular complexity index is 2430. The maximum absolute atomic E-state index is 12.6. The van der Waals surface area contributed by atoms with Crippen LogP contribution < -0.4 is 21.3 Å². The Labute approximate surface area is 320 Å². The Morgan fingerprint density at radius 1 is 0.482 bits per heavy atom. The predicted molar refractivity (Wildman–Crippen MR) is 206 cm³/mol. The van der Waals surface area contributed by atoms with Gasteiger partial charge in [0.1, 0.15) is 34.2 Å². The minimum absolute atomic E-state index is 0. The molecule has 0 spiro atoms. The molecule has 0 unspecified atom stereocenters. The van der Waals surface area contributed by atoms with E-state index in [9.17, 15) is 28.8 Å². The van der Waals surface area contributed by atoms with Crippen molar-refractivity contribution in [2.45, 2.75) is 0 Å². The van der Waals surface area contributed by atoms with Gasteiger partial charge >= 0.3 is 11.9 Å². The van der Waals surface area contributed by atoms with E-state index in [-0.39, 0.29) is 28.9 Å². The number of carbonyl (C=O) groups is 6. The number of rotatable bonds is 10. The summed E-state index contributed by atoms with van der Waals surface area (Å²) < 4.78 is 14.3. The third kappa shape index (κ3) is 9.15. The molecule has 6 aromatic heterocycles. The molecule has 0 radical (unpaired) electrons. The van der Waals surface area contributed by atoms with E-state index in [1.165, 1.54) is 30.0 Å². The maximum atomic E-state index is 12.6. The van der Waals surface area contributed by atoms with Crippen molar-refractivity contribution in [3.63, 3.8) is 0 Å². The van der Waals surface area contributed by atoms with Crippen LogP contribution in [0.4, 0.5) is 22.7 Å². The summed E-state index contributed by atoms with van der Waals surface area (Å²) in [5.41, 5.74) is 3.87. The van der Waals surface area contributed by atoms with E-state index in [0.29, 0.717) is 51.2 Å². The number of hydrogen-bond acceptors (Lipinski definition) is 7. The second-order valence-electron chi connectivity index (χ2n) is 12.5. The molecule has 56 heavy (non-hydrogen) atoms. The molecular weight excluding hydrogens is 728 g/mol. The van der Waals surface area contributed by atoms with Gasteiger partial charge in [-0.15, -0.1) is 0 Å². The van der Waals surface area contributed by atoms with E-state index in [2.05, 4.69) is 21.3 Å². The first-order chi connectivity index (χ1) is 26.1. The Balaban J connectivity index is 0.000000244. The lowest BCUT2D eigenvalue weighted by atomic mass is 10.3. The fourth-order valence-electron chi connectivity index (χ4n) is 5.68. The molecule has 19 nitrogen and oxygen atoms in total. The number of aromatic carboxylic acids is 1. The quantitative estimate of drug-likeness (QED) is 0.129. The molecule has 6 aromatic rings. The molecule has 0 saturated carbocycles. The van der Waals surface area contributed by atoms with E-state index in [0.717, 1.165) is 0 Å². The van der Waals surface area contributed by atoms with Crippen LogP contribution in [0.15, 0.2) is 85.7 Å². The number of anilines is 4. The van der Waals surface area contributed by atoms with Gasteiger partial charge in [-0.3, -0.25) is 19.2 Å². The summed E-state index contributed by atoms with van der Waals surface area (Å²) in [6.45, 7) is 0. The summed E-state index contributed by atoms with van der Waals surface area (Å²) >= 11 is 0. The SMILES string of the molecule is COC(=O)c1cc(NC(=O)c2cc(NC(=O)c3cccn3C)cn2C)cn1C.Cn1cc(NC(=O)c2cc(NC(=O)c3cccn3C)cn2C)cc1C(=O)O.O. The number of amides is 4. The first-order valence-corrected chi connectivity index (χ1v) is 16.5. The summed E-state index contributed by atoms with van der Waals surface area (Å²) in [5, 5.41) is 20.0. The normalized spacial score (nSPS) is 10.4. The van der Waals surface area contributed by atoms with Crippen molar-refractivity contribution >= 4 is 58.3 Å². The highest BCUT2D eigenvalue weighted by Crippen LogP contribution is 2.20. The molecule has 0 saturated heterocycles. The molecule has 4 amide bonds. The minimum atomic E-state index is -1.08. The number of aryl methyl sites for hydroxylation is 6. The summed E-state index contributed by atoms with van der Waals surface area (Å²) in [5.74, 6) is -2.91. The second kappa shape index (κ2) is 17.1. The number of nitrogens with zero attached hydrogens (tertiary/aromatic N) is 6. The number of esters is 1. The molecule has 19 heteroatoms. The summed E-state index contributed by atoms with van der Waals surface area (Å²) in [4.78, 5) is 72.5. The van der Waals surface area contributed by atoms with Gasteiger partial charge in [0.25, 0.3) is 23.6 Å². The molecule has 0 aliphatic carbocycles. The zero-order chi connectivity index (χ0) is 40.1. The van der Waals surface area contributed by atoms with Crippen LogP contribution in [0.5, 0.6) is 0 Å². The molecule has 294 valence electrons. The van der Waals surface area contributed by atoms with Crippen LogP contribution >= 0.6 is 0 Å². The Morgan fingerprint density at radius 3 is 1.09 bits per heavy atom. The van der Waals surface area contributed by atoms with Crippen molar-refractivity contribution in [2.24, 2.45) is 42.3 Å². The molecule has 0 bridgehead atoms. The Kier molecular flexibility index (Phi) is 12.6. The predicted octanol–water partition coefficient (Wildman–Crippen LogP) is 3.07. The lowest BCUT2D eigenvalue weighted by Crippen LogP contribution is -2.15. The monoisotopic (exact) mass is 770 g/mol. The molecule has 7 N–H and O–H groups in total. The molecule has 0 aromatic carbocycles. The van der Waals surface area contributed by atoms with Gasteiger partial charge in [-0.1, -0.05) is 0 Å². The van der Waals surface area contributed by atoms with Crippen LogP contribution in [0.3, 0.4) is 0 Å². The van der Waals surface area contributed by atoms with Gasteiger partial charge in [0.05, 0.1) is 29.9 Å². The molecule has 0 aliphatic heterocycles. The highest BCUT2D eigenvalue weighted by atomic mass is 16.5. The Morgan fingerprint density at radius 2 is 0.786 bits per heavy atom. The standard InChI is InChI=1S/C19H21N5O4.C18H19N5O4.H2O/c1-22-7-5-6-14(22)17(25)20-12-8-15(23(2)10-12)18(26)21-13-9-16(19(27)28-4)24(3)11-13;1-21-6-4-5-13(21)16(24)19-11-7-14(22(2)9-11)17(25)20-12-8-15(18(26)27)23(3)10-12;/h5-11H,1-4H3,(H,20,25)(H,21,26);4-10H,1-3H3,(H,19,24)(H,20,25)(H,26,27);1H2. The van der Waals surface area contributed by atoms with Gasteiger partial charge in [-0.2, -0.15) is 0 Å². The fourth-order valence-corrected chi connectivity index (χ4v) is 5.68. The van der Waals surface area contributed by atoms with E-state index in [1.807, 2.05) is 0 Å². The average Bonchev–Trinajstić information content (AvgIpc) is 3.98. The number of carboxylic acids is 1. The number of carbonyl (C=O) groups excluding carboxylic acids is 5. The van der Waals surface area contributed by atoms with Crippen molar-refractivity contribution in [1.82, 2.24) is 27.4 Å². The lowest BCUT2D eigenvalue weighted by Gasteiger charge is -2.03. The third-order valence-electron chi connectivity index (χ3n) is 8.48. The van der Waals surface area contributed by atoms with Crippen LogP contribution in [0.25, 0.3) is 0 Å². The highest BCUT2D eigenvalue weighted by Gasteiger charge is 2.19. The summed E-state index contributed by atoms with van der Waals surface area (Å²) in [6, 6.07) is 13.0. The van der Waals surface area contributed by atoms with Crippen LogP contribution in [-0.2, 0) is 47.0 Å². The minimum Gasteiger partial charge on any atom is -0.477 e. The topological polar surface area (TPSA) is 241 Å². The molecule has 6 rings (SSSR count). The lowest BCUT2D eigenvalue weighted by molar-refractivity contribution is 0.0588. The van der Waals surface area contributed by atoms with Crippen molar-refractivity contribution in [3.05, 3.63) is 120 Å². The van der Waals surface area contributed by atoms with Crippen LogP contribution in [0.2, 0.25) is 0 Å². The fraction of sp³-hybridized carbons (Fsp3) is 0.189. The number of carboxylic acid groups (broad SMARTS) is 1. The van der Waals surface area contributed by atoms with Crippen LogP contribution in [-0.4, -0.2) is 80.7 Å². The van der Waals surface area contributed by atoms with Gasteiger partial charge in [-0.05, 0) is 48.5 Å². The van der Waals surface area contributed by atoms with Gasteiger partial charge in [0.15, 0.2) is 0 Å². The first-order valence-electron chi connectivity index (χ1n) is 16.5. The van der Waals surface area contributed by atoms with Gasteiger partial charge < -0.3 is 64.0 Å². The van der Waals surface area contributed by atoms with E-state index >= 15 is 0 Å². The third-order valence-corrected chi connectivity index (χ3v) is 8.48. The zero-order valence-electron chi connectivity index (χ0n) is 31.6. The maximum Gasteiger partial charge on any atom is 0.354 e. The van der Waals surface area contributed by atoms with E-state index < -0.39 is 17.8 Å². The van der Waals surface area contributed by atoms with Crippen LogP contribution in [0, 0.1) is 0 Å². The van der Waals surface area contributed by atoms with E-state index in [4.69, 9.17) is 9.84 Å². The number of methoxy groups -OCH3 is 1. The number of ether oxygens (including phenoxy) is 1. The molecule has 0 fully saturated rings. The largest absolute Gasteiger partial charge is 0.477 e. The summed E-state index contributed by atoms with van der Waals surface area (Å²) in [6.07, 6.45) is 9.96. The molecular formula is C37H42N10O9. The summed E-state index contributed by atoms with van der Waals surface area (Å²) in [7, 11) is 11.5. The van der Waals surface area contributed by atoms with Crippen molar-refractivity contribution in [3.8, 4) is 0 Å². The van der Waals surface area contributed by atoms with Crippen molar-refractivity contribution in [1.29, 1.82) is 0 Å². The second-order valence-corrected chi connectivity index (χ2v) is 12.5. The highest BCUT2D eigenvalue weighted by molar-refractivity contribution is 6.08. The van der Waals surface area contributed by atoms with Gasteiger partial charge in [0.2, 0.25) is 0 Å².